The highest BCUT2D eigenvalue weighted by molar-refractivity contribution is 7.73. The Balaban J connectivity index is 7.85. The van der Waals surface area contributed by atoms with Gasteiger partial charge in [0.1, 0.15) is 6.04 Å². The molecule has 0 bridgehead atoms. The van der Waals surface area contributed by atoms with Gasteiger partial charge in [-0.1, -0.05) is 0 Å². The van der Waals surface area contributed by atoms with Gasteiger partial charge < -0.3 is 89.1 Å². The van der Waals surface area contributed by atoms with Gasteiger partial charge in [-0.05, 0) is 0 Å². The number of nitrogens with zero attached hydrogens (tertiary/aromatic N) is 3. The van der Waals surface area contributed by atoms with Crippen molar-refractivity contribution in [1.82, 2.24) is 14.7 Å². The van der Waals surface area contributed by atoms with Crippen molar-refractivity contribution in [2.75, 3.05) is 26.2 Å². The van der Waals surface area contributed by atoms with Crippen molar-refractivity contribution in [3.8, 4) is 0 Å². The number of carbonyl (C=O) groups is 2. The molecule has 0 saturated carbocycles. The smallest absolute Gasteiger partial charge is 0.355 e. The van der Waals surface area contributed by atoms with Crippen molar-refractivity contribution in [2.45, 2.75) is 34.6 Å². The number of hydrogen-bond acceptors (Lipinski definition) is 13. The highest BCUT2D eigenvalue weighted by Gasteiger charge is 2.60. The van der Waals surface area contributed by atoms with E-state index in [0.717, 1.165) is 0 Å². The van der Waals surface area contributed by atoms with Gasteiger partial charge in [0, 0.05) is 26.2 Å². The monoisotopic (exact) mass is 914 g/mol. The Labute approximate surface area is 283 Å². The number of amides is 1. The van der Waals surface area contributed by atoms with Gasteiger partial charge in [0.15, 0.2) is 0 Å². The van der Waals surface area contributed by atoms with Crippen molar-refractivity contribution in [2.24, 2.45) is 5.73 Å². The Morgan fingerprint density at radius 1 is 0.431 bits per heavy atom. The summed E-state index contributed by atoms with van der Waals surface area (Å²) < 4.78 is 97.1. The average molecular weight is 914 g/mol. The first kappa shape index (κ1) is 51.0. The fourth-order valence-corrected chi connectivity index (χ4v) is 16.7. The Morgan fingerprint density at radius 2 is 0.627 bits per heavy atom. The zero-order chi connectivity index (χ0) is 41.3. The molecule has 0 aliphatic carbocycles. The molecule has 39 heteroatoms. The lowest BCUT2D eigenvalue weighted by atomic mass is 10.1. The quantitative estimate of drug-likeness (QED) is 0.0451. The van der Waals surface area contributed by atoms with Crippen LogP contribution in [0.25, 0.3) is 0 Å². The largest absolute Gasteiger partial charge is 0.480 e. The Kier molecular flexibility index (Phi) is 17.4. The summed E-state index contributed by atoms with van der Waals surface area (Å²) in [5, 5.41) is 9.72. The van der Waals surface area contributed by atoms with Crippen molar-refractivity contribution in [3.63, 3.8) is 0 Å². The van der Waals surface area contributed by atoms with Gasteiger partial charge in [-0.3, -0.25) is 60.8 Å². The van der Waals surface area contributed by atoms with Crippen LogP contribution >= 0.6 is 60.8 Å². The lowest BCUT2D eigenvalue weighted by Crippen LogP contribution is -2.53. The van der Waals surface area contributed by atoms with E-state index in [4.69, 9.17) is 5.73 Å². The lowest BCUT2D eigenvalue weighted by Gasteiger charge is -2.41. The third-order valence-corrected chi connectivity index (χ3v) is 20.4. The molecule has 0 unspecified atom stereocenters. The van der Waals surface area contributed by atoms with Crippen LogP contribution in [0.3, 0.4) is 0 Å². The van der Waals surface area contributed by atoms with Crippen molar-refractivity contribution < 1.29 is 130 Å². The number of hydrogen-bond donors (Lipinski definition) is 18. The minimum absolute atomic E-state index is 0.0484. The average Bonchev–Trinajstić information content (AvgIpc) is 2.74. The van der Waals surface area contributed by atoms with Crippen molar-refractivity contribution in [3.05, 3.63) is 0 Å². The van der Waals surface area contributed by atoms with Crippen molar-refractivity contribution in [1.29, 1.82) is 0 Å². The second kappa shape index (κ2) is 17.4. The molecule has 0 aliphatic rings. The van der Waals surface area contributed by atoms with E-state index in [2.05, 4.69) is 0 Å². The van der Waals surface area contributed by atoms with Crippen LogP contribution < -0.4 is 5.73 Å². The normalized spacial score (nSPS) is 15.6. The van der Waals surface area contributed by atoms with Gasteiger partial charge in [0.25, 0.3) is 0 Å². The van der Waals surface area contributed by atoms with E-state index >= 15 is 0 Å². The zero-order valence-corrected chi connectivity index (χ0v) is 31.8. The second-order valence-corrected chi connectivity index (χ2v) is 25.1. The van der Waals surface area contributed by atoms with Crippen molar-refractivity contribution >= 4 is 72.6 Å². The lowest BCUT2D eigenvalue weighted by molar-refractivity contribution is -0.145. The minimum atomic E-state index is -6.49. The van der Waals surface area contributed by atoms with Crippen LogP contribution in [-0.4, -0.2) is 164 Å². The van der Waals surface area contributed by atoms with Crippen LogP contribution in [0, 0.1) is 0 Å². The van der Waals surface area contributed by atoms with E-state index in [1.807, 2.05) is 0 Å². The minimum Gasteiger partial charge on any atom is -0.480 e. The van der Waals surface area contributed by atoms with Gasteiger partial charge in [-0.2, -0.15) is 0 Å². The first-order valence-corrected chi connectivity index (χ1v) is 25.7. The molecule has 31 nitrogen and oxygen atoms in total. The Bertz CT molecular complexity index is 1370. The van der Waals surface area contributed by atoms with Gasteiger partial charge in [0.05, 0.1) is 6.42 Å². The standard InChI is InChI=1S/C12H34N4O27P8/c13-7(17)5-6(8(18)19)14(1-3-15(9(44(20,21)22)45(23,24)25)10(46(26,27)28)47(29,30)31)2-4-16(11(48(32,33)34)49(35,36)37)12(50(38,39)40)51(41,42)43/h6,9-12H,1-5H2,(H2,13,17)(H,18,19)(H2,20,21,22)(H2,23,24,25)(H2,26,27,28)(H2,29,30,31)(H2,32,33,34)(H2,35,36,37)(H2,38,39,40)(H2,41,42,43)/t6-/m0/s1. The maximum atomic E-state index is 12.1. The molecule has 1 amide bonds. The molecule has 0 fully saturated rings. The second-order valence-electron chi connectivity index (χ2n) is 10.1. The fraction of sp³-hybridized carbons (Fsp3) is 0.833. The first-order valence-electron chi connectivity index (χ1n) is 12.3. The molecule has 0 rings (SSSR count). The molecule has 0 radical (unpaired) electrons. The topological polar surface area (TPSA) is 550 Å². The predicted octanol–water partition coefficient (Wildman–Crippen LogP) is -5.22. The van der Waals surface area contributed by atoms with Crippen LogP contribution in [0.5, 0.6) is 0 Å². The summed E-state index contributed by atoms with van der Waals surface area (Å²) in [7, 11) is -51.9. The summed E-state index contributed by atoms with van der Waals surface area (Å²) >= 11 is 0. The van der Waals surface area contributed by atoms with Crippen LogP contribution in [0.1, 0.15) is 6.42 Å². The number of primary amides is 1. The summed E-state index contributed by atoms with van der Waals surface area (Å²) in [4.78, 5) is 177. The maximum absolute atomic E-state index is 12.1. The van der Waals surface area contributed by atoms with Gasteiger partial charge in [-0.15, -0.1) is 0 Å². The molecule has 304 valence electrons. The Hall–Kier alpha value is 0.0200. The highest BCUT2D eigenvalue weighted by atomic mass is 31.3. The molecule has 0 heterocycles. The number of carboxylic acids is 1. The van der Waals surface area contributed by atoms with E-state index in [9.17, 15) is 130 Å². The van der Waals surface area contributed by atoms with Crippen LogP contribution in [0.15, 0.2) is 0 Å². The summed E-state index contributed by atoms with van der Waals surface area (Å²) in [6, 6.07) is -2.56. The zero-order valence-electron chi connectivity index (χ0n) is 24.6. The summed E-state index contributed by atoms with van der Waals surface area (Å²) in [6.45, 7) is -7.10. The summed E-state index contributed by atoms with van der Waals surface area (Å²) in [5.41, 5.74) is -10.5. The van der Waals surface area contributed by atoms with Gasteiger partial charge >= 0.3 is 66.7 Å². The number of rotatable bonds is 22. The third kappa shape index (κ3) is 15.6. The van der Waals surface area contributed by atoms with Gasteiger partial charge in [0.2, 0.25) is 28.0 Å². The first-order chi connectivity index (χ1) is 22.1. The van der Waals surface area contributed by atoms with E-state index < -0.39 is 143 Å². The molecular weight excluding hydrogens is 880 g/mol. The number of aliphatic carboxylic acids is 1. The molecule has 0 saturated heterocycles. The number of carboxylic acid groups (broad SMARTS) is 1. The molecule has 51 heavy (non-hydrogen) atoms. The van der Waals surface area contributed by atoms with Crippen LogP contribution in [0.4, 0.5) is 0 Å². The molecule has 0 spiro atoms. The molecule has 0 aromatic heterocycles. The molecule has 1 atom stereocenters. The van der Waals surface area contributed by atoms with E-state index in [-0.39, 0.29) is 4.90 Å². The molecule has 0 aromatic carbocycles. The molecular formula is C12H34N4O27P8. The number of carbonyl (C=O) groups excluding carboxylic acids is 1. The molecule has 0 aromatic rings. The van der Waals surface area contributed by atoms with Crippen LogP contribution in [-0.2, 0) is 46.1 Å². The van der Waals surface area contributed by atoms with E-state index in [1.54, 1.807) is 0 Å². The van der Waals surface area contributed by atoms with E-state index in [0.29, 0.717) is 0 Å². The SMILES string of the molecule is NC(=O)C[C@@H](C(=O)O)N(CCN(C(P(=O)(O)O)P(=O)(O)O)C(P(=O)(O)O)P(=O)(O)O)CCN(C(P(=O)(O)O)P(=O)(O)O)C(P(=O)(O)O)P(=O)(O)O. The van der Waals surface area contributed by atoms with E-state index in [1.165, 1.54) is 0 Å². The molecule has 19 N–H and O–H groups in total. The fourth-order valence-electron chi connectivity index (χ4n) is 4.50. The third-order valence-electron chi connectivity index (χ3n) is 6.00. The maximum Gasteiger partial charge on any atom is 0.355 e. The van der Waals surface area contributed by atoms with Crippen LogP contribution in [0.2, 0.25) is 0 Å². The van der Waals surface area contributed by atoms with Gasteiger partial charge in [-0.25, -0.2) is 0 Å². The predicted molar refractivity (Wildman–Crippen MR) is 162 cm³/mol. The summed E-state index contributed by atoms with van der Waals surface area (Å²) in [5.74, 6) is -3.81. The number of nitrogens with two attached hydrogens (primary N) is 1. The Morgan fingerprint density at radius 3 is 0.765 bits per heavy atom. The highest BCUT2D eigenvalue weighted by Crippen LogP contribution is 2.70. The summed E-state index contributed by atoms with van der Waals surface area (Å²) in [6.07, 6.45) is -1.45. The molecule has 0 aliphatic heterocycles.